The van der Waals surface area contributed by atoms with Gasteiger partial charge in [-0.15, -0.1) is 0 Å². The Labute approximate surface area is 95.1 Å². The monoisotopic (exact) mass is 216 g/mol. The third-order valence-corrected chi connectivity index (χ3v) is 2.36. The predicted molar refractivity (Wildman–Crippen MR) is 65.3 cm³/mol. The van der Waals surface area contributed by atoms with Gasteiger partial charge in [0.2, 0.25) is 0 Å². The van der Waals surface area contributed by atoms with Crippen molar-refractivity contribution in [2.75, 3.05) is 11.9 Å². The molecule has 0 saturated heterocycles. The Morgan fingerprint density at radius 3 is 2.81 bits per heavy atom. The van der Waals surface area contributed by atoms with Gasteiger partial charge in [0.05, 0.1) is 0 Å². The number of fused-ring (bicyclic) bond motifs is 1. The van der Waals surface area contributed by atoms with Crippen molar-refractivity contribution < 1.29 is 0 Å². The molecule has 0 atom stereocenters. The molecule has 0 aromatic carbocycles. The molecule has 84 valence electrons. The molecule has 0 radical (unpaired) electrons. The van der Waals surface area contributed by atoms with E-state index in [1.165, 1.54) is 0 Å². The van der Waals surface area contributed by atoms with Crippen LogP contribution < -0.4 is 5.32 Å². The molecule has 1 N–H and O–H groups in total. The lowest BCUT2D eigenvalue weighted by atomic mass is 10.1. The second-order valence-electron chi connectivity index (χ2n) is 4.20. The van der Waals surface area contributed by atoms with Gasteiger partial charge in [-0.1, -0.05) is 13.8 Å². The van der Waals surface area contributed by atoms with Crippen LogP contribution in [0, 0.1) is 5.92 Å². The number of hydrogen-bond acceptors (Lipinski definition) is 4. The minimum absolute atomic E-state index is 0.692. The first-order chi connectivity index (χ1) is 7.75. The maximum absolute atomic E-state index is 4.39. The van der Waals surface area contributed by atoms with E-state index in [1.54, 1.807) is 12.4 Å². The molecule has 16 heavy (non-hydrogen) atoms. The zero-order chi connectivity index (χ0) is 11.4. The van der Waals surface area contributed by atoms with E-state index in [2.05, 4.69) is 34.1 Å². The highest BCUT2D eigenvalue weighted by molar-refractivity contribution is 5.71. The lowest BCUT2D eigenvalue weighted by Gasteiger charge is -2.07. The van der Waals surface area contributed by atoms with Crippen LogP contribution >= 0.6 is 0 Å². The van der Waals surface area contributed by atoms with Gasteiger partial charge in [0.1, 0.15) is 11.3 Å². The Morgan fingerprint density at radius 1 is 1.19 bits per heavy atom. The van der Waals surface area contributed by atoms with Crippen LogP contribution in [0.25, 0.3) is 11.2 Å². The van der Waals surface area contributed by atoms with Crippen molar-refractivity contribution in [1.29, 1.82) is 0 Å². The fourth-order valence-corrected chi connectivity index (χ4v) is 1.44. The number of anilines is 1. The summed E-state index contributed by atoms with van der Waals surface area (Å²) in [6.45, 7) is 5.36. The molecule has 0 aliphatic heterocycles. The van der Waals surface area contributed by atoms with E-state index in [0.29, 0.717) is 11.6 Å². The molecule has 0 saturated carbocycles. The van der Waals surface area contributed by atoms with E-state index in [0.717, 1.165) is 24.3 Å². The van der Waals surface area contributed by atoms with Crippen LogP contribution in [0.15, 0.2) is 24.5 Å². The summed E-state index contributed by atoms with van der Waals surface area (Å²) in [6.07, 6.45) is 4.48. The fraction of sp³-hybridized carbons (Fsp3) is 0.417. The Balaban J connectivity index is 2.08. The molecule has 0 fully saturated rings. The average molecular weight is 216 g/mol. The van der Waals surface area contributed by atoms with Gasteiger partial charge in [-0.25, -0.2) is 9.97 Å². The van der Waals surface area contributed by atoms with Crippen LogP contribution in [-0.2, 0) is 0 Å². The lowest BCUT2D eigenvalue weighted by Crippen LogP contribution is -2.06. The summed E-state index contributed by atoms with van der Waals surface area (Å²) in [6, 6.07) is 3.88. The fourth-order valence-electron chi connectivity index (χ4n) is 1.44. The third-order valence-electron chi connectivity index (χ3n) is 2.36. The Hall–Kier alpha value is -1.71. The second kappa shape index (κ2) is 4.88. The van der Waals surface area contributed by atoms with Crippen LogP contribution in [0.3, 0.4) is 0 Å². The van der Waals surface area contributed by atoms with Gasteiger partial charge in [-0.2, -0.15) is 0 Å². The number of nitrogens with one attached hydrogen (secondary N) is 1. The number of rotatable bonds is 4. The molecule has 0 bridgehead atoms. The van der Waals surface area contributed by atoms with Gasteiger partial charge in [0, 0.05) is 18.9 Å². The molecule has 0 spiro atoms. The van der Waals surface area contributed by atoms with Crippen molar-refractivity contribution in [3.05, 3.63) is 24.5 Å². The number of nitrogens with zero attached hydrogens (tertiary/aromatic N) is 3. The van der Waals surface area contributed by atoms with Crippen LogP contribution in [0.2, 0.25) is 0 Å². The SMILES string of the molecule is CC(C)CCNc1ccc2nccnc2n1. The van der Waals surface area contributed by atoms with Crippen molar-refractivity contribution in [2.45, 2.75) is 20.3 Å². The van der Waals surface area contributed by atoms with E-state index in [1.807, 2.05) is 12.1 Å². The minimum atomic E-state index is 0.692. The molecular weight excluding hydrogens is 200 g/mol. The molecule has 2 heterocycles. The standard InChI is InChI=1S/C12H16N4/c1-9(2)5-6-14-11-4-3-10-12(16-11)15-8-7-13-10/h3-4,7-9H,5-6H2,1-2H3,(H,14,15,16). The van der Waals surface area contributed by atoms with Crippen LogP contribution in [0.5, 0.6) is 0 Å². The first kappa shape index (κ1) is 10.8. The minimum Gasteiger partial charge on any atom is -0.370 e. The van der Waals surface area contributed by atoms with Gasteiger partial charge >= 0.3 is 0 Å². The molecule has 0 amide bonds. The lowest BCUT2D eigenvalue weighted by molar-refractivity contribution is 0.607. The topological polar surface area (TPSA) is 50.7 Å². The maximum Gasteiger partial charge on any atom is 0.180 e. The number of aromatic nitrogens is 3. The first-order valence-corrected chi connectivity index (χ1v) is 5.57. The van der Waals surface area contributed by atoms with Crippen molar-refractivity contribution in [3.8, 4) is 0 Å². The van der Waals surface area contributed by atoms with Crippen molar-refractivity contribution >= 4 is 17.0 Å². The summed E-state index contributed by atoms with van der Waals surface area (Å²) in [5.74, 6) is 1.57. The molecular formula is C12H16N4. The van der Waals surface area contributed by atoms with Gasteiger partial charge in [0.15, 0.2) is 5.65 Å². The quantitative estimate of drug-likeness (QED) is 0.853. The number of pyridine rings is 1. The third kappa shape index (κ3) is 2.66. The van der Waals surface area contributed by atoms with E-state index in [4.69, 9.17) is 0 Å². The average Bonchev–Trinajstić information content (AvgIpc) is 2.28. The van der Waals surface area contributed by atoms with E-state index in [9.17, 15) is 0 Å². The summed E-state index contributed by atoms with van der Waals surface area (Å²) < 4.78 is 0. The highest BCUT2D eigenvalue weighted by atomic mass is 15.0. The van der Waals surface area contributed by atoms with Gasteiger partial charge in [-0.3, -0.25) is 4.98 Å². The molecule has 0 aliphatic rings. The highest BCUT2D eigenvalue weighted by Gasteiger charge is 1.99. The molecule has 4 nitrogen and oxygen atoms in total. The Bertz CT molecular complexity index is 467. The van der Waals surface area contributed by atoms with E-state index in [-0.39, 0.29) is 0 Å². The summed E-state index contributed by atoms with van der Waals surface area (Å²) in [5.41, 5.74) is 1.52. The largest absolute Gasteiger partial charge is 0.370 e. The maximum atomic E-state index is 4.39. The predicted octanol–water partition coefficient (Wildman–Crippen LogP) is 2.48. The molecule has 2 aromatic heterocycles. The van der Waals surface area contributed by atoms with Crippen LogP contribution in [-0.4, -0.2) is 21.5 Å². The normalized spacial score (nSPS) is 10.9. The summed E-state index contributed by atoms with van der Waals surface area (Å²) in [4.78, 5) is 12.7. The first-order valence-electron chi connectivity index (χ1n) is 5.57. The smallest absolute Gasteiger partial charge is 0.180 e. The van der Waals surface area contributed by atoms with Crippen molar-refractivity contribution in [3.63, 3.8) is 0 Å². The molecule has 4 heteroatoms. The van der Waals surface area contributed by atoms with Gasteiger partial charge in [0.25, 0.3) is 0 Å². The van der Waals surface area contributed by atoms with E-state index >= 15 is 0 Å². The van der Waals surface area contributed by atoms with Crippen molar-refractivity contribution in [1.82, 2.24) is 15.0 Å². The molecule has 2 rings (SSSR count). The summed E-state index contributed by atoms with van der Waals surface area (Å²) >= 11 is 0. The molecule has 0 unspecified atom stereocenters. The van der Waals surface area contributed by atoms with Crippen LogP contribution in [0.4, 0.5) is 5.82 Å². The Morgan fingerprint density at radius 2 is 2.00 bits per heavy atom. The number of hydrogen-bond donors (Lipinski definition) is 1. The summed E-state index contributed by atoms with van der Waals surface area (Å²) in [7, 11) is 0. The van der Waals surface area contributed by atoms with E-state index < -0.39 is 0 Å². The molecule has 0 aliphatic carbocycles. The zero-order valence-corrected chi connectivity index (χ0v) is 9.64. The van der Waals surface area contributed by atoms with Crippen LogP contribution in [0.1, 0.15) is 20.3 Å². The van der Waals surface area contributed by atoms with Gasteiger partial charge < -0.3 is 5.32 Å². The highest BCUT2D eigenvalue weighted by Crippen LogP contribution is 2.10. The van der Waals surface area contributed by atoms with Crippen molar-refractivity contribution in [2.24, 2.45) is 5.92 Å². The second-order valence-corrected chi connectivity index (χ2v) is 4.20. The Kier molecular flexibility index (Phi) is 3.29. The molecule has 2 aromatic rings. The summed E-state index contributed by atoms with van der Waals surface area (Å²) in [5, 5.41) is 3.29. The zero-order valence-electron chi connectivity index (χ0n) is 9.64. The van der Waals surface area contributed by atoms with Gasteiger partial charge in [-0.05, 0) is 24.5 Å².